The number of hydrogen-bond donors (Lipinski definition) is 1. The highest BCUT2D eigenvalue weighted by molar-refractivity contribution is 6.30. The number of piperidine rings is 1. The Labute approximate surface area is 206 Å². The third kappa shape index (κ3) is 4.72. The van der Waals surface area contributed by atoms with E-state index < -0.39 is 29.8 Å². The molecule has 1 spiro atoms. The summed E-state index contributed by atoms with van der Waals surface area (Å²) in [6, 6.07) is 7.82. The molecule has 3 heterocycles. The lowest BCUT2D eigenvalue weighted by molar-refractivity contribution is -0.0787. The molecule has 0 radical (unpaired) electrons. The summed E-state index contributed by atoms with van der Waals surface area (Å²) < 4.78 is 38.1. The van der Waals surface area contributed by atoms with Crippen LogP contribution in [-0.2, 0) is 21.7 Å². The number of halogens is 3. The molecule has 3 aliphatic heterocycles. The van der Waals surface area contributed by atoms with Gasteiger partial charge < -0.3 is 19.7 Å². The van der Waals surface area contributed by atoms with Crippen LogP contribution < -0.4 is 5.32 Å². The molecule has 1 atom stereocenters. The predicted octanol–water partition coefficient (Wildman–Crippen LogP) is 4.73. The van der Waals surface area contributed by atoms with E-state index in [2.05, 4.69) is 10.2 Å². The molecule has 186 valence electrons. The first-order chi connectivity index (χ1) is 16.9. The molecule has 2 aromatic carbocycles. The molecule has 0 bridgehead atoms. The summed E-state index contributed by atoms with van der Waals surface area (Å²) in [5, 5.41) is 3.46. The van der Waals surface area contributed by atoms with Gasteiger partial charge in [-0.2, -0.15) is 0 Å². The Morgan fingerprint density at radius 3 is 2.71 bits per heavy atom. The lowest BCUT2D eigenvalue weighted by atomic mass is 9.84. The van der Waals surface area contributed by atoms with Crippen LogP contribution in [0.1, 0.15) is 42.0 Å². The van der Waals surface area contributed by atoms with Gasteiger partial charge in [-0.25, -0.2) is 23.3 Å². The molecule has 1 unspecified atom stereocenters. The van der Waals surface area contributed by atoms with Crippen LogP contribution in [0.2, 0.25) is 5.02 Å². The van der Waals surface area contributed by atoms with Crippen molar-refractivity contribution in [1.82, 2.24) is 15.1 Å². The first-order valence-corrected chi connectivity index (χ1v) is 12.1. The van der Waals surface area contributed by atoms with Gasteiger partial charge in [-0.1, -0.05) is 23.7 Å². The van der Waals surface area contributed by atoms with Crippen LogP contribution in [0.4, 0.5) is 18.4 Å². The number of ether oxygens (including phenoxy) is 2. The van der Waals surface area contributed by atoms with E-state index in [1.54, 1.807) is 0 Å². The molecular formula is C25H26ClF2N3O4. The maximum atomic E-state index is 13.6. The number of likely N-dealkylation sites (tertiary alicyclic amines) is 1. The van der Waals surface area contributed by atoms with Gasteiger partial charge in [0, 0.05) is 24.7 Å². The maximum absolute atomic E-state index is 13.6. The number of amides is 3. The average molecular weight is 506 g/mol. The predicted molar refractivity (Wildman–Crippen MR) is 124 cm³/mol. The average Bonchev–Trinajstić information content (AvgIpc) is 3.40. The Morgan fingerprint density at radius 1 is 1.14 bits per heavy atom. The Balaban J connectivity index is 1.10. The Morgan fingerprint density at radius 2 is 1.94 bits per heavy atom. The van der Waals surface area contributed by atoms with Gasteiger partial charge >= 0.3 is 12.1 Å². The molecule has 0 saturated carbocycles. The van der Waals surface area contributed by atoms with Gasteiger partial charge in [-0.15, -0.1) is 0 Å². The summed E-state index contributed by atoms with van der Waals surface area (Å²) in [7, 11) is 0. The van der Waals surface area contributed by atoms with Crippen LogP contribution in [0.15, 0.2) is 36.4 Å². The standard InChI is InChI=1S/C25H26ClF2N3O4/c26-18-4-2-17-14-35-25(19(17)13-18)6-10-30(11-7-25)9-1-8-29-23(32)31-22(15-34-24(31)33)16-3-5-20(27)21(28)12-16/h2-5,12-13,22H,1,6-11,14-15H2,(H,29,32). The quantitative estimate of drug-likeness (QED) is 0.595. The van der Waals surface area contributed by atoms with Gasteiger partial charge in [-0.3, -0.25) is 0 Å². The van der Waals surface area contributed by atoms with Crippen molar-refractivity contribution in [3.05, 3.63) is 69.7 Å². The van der Waals surface area contributed by atoms with Crippen LogP contribution in [0.25, 0.3) is 0 Å². The van der Waals surface area contributed by atoms with E-state index in [4.69, 9.17) is 21.1 Å². The van der Waals surface area contributed by atoms with Crippen molar-refractivity contribution in [3.8, 4) is 0 Å². The van der Waals surface area contributed by atoms with Crippen LogP contribution in [0.3, 0.4) is 0 Å². The first-order valence-electron chi connectivity index (χ1n) is 11.7. The van der Waals surface area contributed by atoms with Crippen LogP contribution in [0.5, 0.6) is 0 Å². The van der Waals surface area contributed by atoms with Gasteiger partial charge in [0.05, 0.1) is 12.2 Å². The minimum Gasteiger partial charge on any atom is -0.446 e. The van der Waals surface area contributed by atoms with Crippen molar-refractivity contribution < 1.29 is 27.8 Å². The number of rotatable bonds is 5. The second-order valence-electron chi connectivity index (χ2n) is 9.15. The second kappa shape index (κ2) is 9.72. The number of fused-ring (bicyclic) bond motifs is 2. The molecule has 2 aromatic rings. The summed E-state index contributed by atoms with van der Waals surface area (Å²) in [6.45, 7) is 3.40. The highest BCUT2D eigenvalue weighted by Crippen LogP contribution is 2.44. The molecule has 5 rings (SSSR count). The zero-order chi connectivity index (χ0) is 24.6. The van der Waals surface area contributed by atoms with E-state index in [0.29, 0.717) is 25.1 Å². The third-order valence-corrected chi connectivity index (χ3v) is 7.31. The minimum atomic E-state index is -1.04. The smallest absolute Gasteiger partial charge is 0.418 e. The maximum Gasteiger partial charge on any atom is 0.418 e. The summed E-state index contributed by atoms with van der Waals surface area (Å²) in [5.41, 5.74) is 2.43. The monoisotopic (exact) mass is 505 g/mol. The first kappa shape index (κ1) is 24.0. The fraction of sp³-hybridized carbons (Fsp3) is 0.440. The fourth-order valence-electron chi connectivity index (χ4n) is 5.14. The van der Waals surface area contributed by atoms with Crippen molar-refractivity contribution >= 4 is 23.7 Å². The molecule has 10 heteroatoms. The van der Waals surface area contributed by atoms with Crippen LogP contribution >= 0.6 is 11.6 Å². The van der Waals surface area contributed by atoms with Gasteiger partial charge in [-0.05, 0) is 66.8 Å². The molecule has 1 N–H and O–H groups in total. The van der Waals surface area contributed by atoms with Crippen molar-refractivity contribution in [2.75, 3.05) is 32.8 Å². The highest BCUT2D eigenvalue weighted by atomic mass is 35.5. The van der Waals surface area contributed by atoms with Gasteiger partial charge in [0.15, 0.2) is 11.6 Å². The third-order valence-electron chi connectivity index (χ3n) is 7.08. The van der Waals surface area contributed by atoms with Gasteiger partial charge in [0.2, 0.25) is 0 Å². The lowest BCUT2D eigenvalue weighted by Gasteiger charge is -2.39. The summed E-state index contributed by atoms with van der Waals surface area (Å²) in [6.07, 6.45) is 1.64. The summed E-state index contributed by atoms with van der Waals surface area (Å²) in [4.78, 5) is 28.0. The minimum absolute atomic E-state index is 0.108. The summed E-state index contributed by atoms with van der Waals surface area (Å²) in [5.74, 6) is -2.04. The van der Waals surface area contributed by atoms with E-state index in [1.165, 1.54) is 17.2 Å². The zero-order valence-electron chi connectivity index (χ0n) is 19.1. The number of benzene rings is 2. The van der Waals surface area contributed by atoms with E-state index in [0.717, 1.165) is 54.5 Å². The Hall–Kier alpha value is -2.75. The molecule has 2 fully saturated rings. The van der Waals surface area contributed by atoms with Crippen molar-refractivity contribution in [3.63, 3.8) is 0 Å². The SMILES string of the molecule is O=C(NCCCN1CCC2(CC1)OCc1ccc(Cl)cc12)N1C(=O)OCC1c1ccc(F)c(F)c1. The molecule has 0 aromatic heterocycles. The molecule has 3 aliphatic rings. The fourth-order valence-corrected chi connectivity index (χ4v) is 5.31. The number of carbonyl (C=O) groups is 2. The number of imide groups is 1. The van der Waals surface area contributed by atoms with Crippen molar-refractivity contribution in [1.29, 1.82) is 0 Å². The summed E-state index contributed by atoms with van der Waals surface area (Å²) >= 11 is 6.21. The Kier molecular flexibility index (Phi) is 6.65. The number of hydrogen-bond acceptors (Lipinski definition) is 5. The molecule has 2 saturated heterocycles. The highest BCUT2D eigenvalue weighted by Gasteiger charge is 2.43. The molecular weight excluding hydrogens is 480 g/mol. The molecule has 35 heavy (non-hydrogen) atoms. The molecule has 0 aliphatic carbocycles. The van der Waals surface area contributed by atoms with Crippen LogP contribution in [0, 0.1) is 11.6 Å². The van der Waals surface area contributed by atoms with E-state index in [9.17, 15) is 18.4 Å². The number of cyclic esters (lactones) is 1. The van der Waals surface area contributed by atoms with Crippen molar-refractivity contribution in [2.24, 2.45) is 0 Å². The molecule has 7 nitrogen and oxygen atoms in total. The Bertz CT molecular complexity index is 1140. The number of carbonyl (C=O) groups excluding carboxylic acids is 2. The van der Waals surface area contributed by atoms with E-state index in [1.807, 2.05) is 18.2 Å². The van der Waals surface area contributed by atoms with Gasteiger partial charge in [0.25, 0.3) is 0 Å². The van der Waals surface area contributed by atoms with E-state index >= 15 is 0 Å². The topological polar surface area (TPSA) is 71.1 Å². The lowest BCUT2D eigenvalue weighted by Crippen LogP contribution is -2.44. The van der Waals surface area contributed by atoms with Gasteiger partial charge in [0.1, 0.15) is 12.6 Å². The largest absolute Gasteiger partial charge is 0.446 e. The molecule has 3 amide bonds. The zero-order valence-corrected chi connectivity index (χ0v) is 19.8. The van der Waals surface area contributed by atoms with Crippen molar-refractivity contribution in [2.45, 2.75) is 37.5 Å². The number of nitrogens with one attached hydrogen (secondary N) is 1. The number of nitrogens with zero attached hydrogens (tertiary/aromatic N) is 2. The van der Waals surface area contributed by atoms with Crippen LogP contribution in [-0.4, -0.2) is 54.7 Å². The second-order valence-corrected chi connectivity index (χ2v) is 9.58. The van der Waals surface area contributed by atoms with E-state index in [-0.39, 0.29) is 12.2 Å². The normalized spacial score (nSPS) is 21.3. The number of urea groups is 1.